The Bertz CT molecular complexity index is 1470. The molecule has 0 saturated carbocycles. The van der Waals surface area contributed by atoms with Gasteiger partial charge in [0, 0.05) is 29.9 Å². The zero-order valence-electron chi connectivity index (χ0n) is 19.6. The Balaban J connectivity index is 1.45. The number of piperidine rings is 1. The minimum atomic E-state index is -1.50. The normalized spacial score (nSPS) is 18.9. The van der Waals surface area contributed by atoms with Crippen LogP contribution in [0.4, 0.5) is 13.2 Å². The number of aryl methyl sites for hydroxylation is 2. The van der Waals surface area contributed by atoms with Crippen LogP contribution in [0.15, 0.2) is 36.7 Å². The lowest BCUT2D eigenvalue weighted by Crippen LogP contribution is -2.50. The molecule has 1 aromatic carbocycles. The van der Waals surface area contributed by atoms with E-state index in [4.69, 9.17) is 0 Å². The van der Waals surface area contributed by atoms with Gasteiger partial charge in [-0.3, -0.25) is 9.48 Å². The first-order chi connectivity index (χ1) is 17.3. The molecule has 11 heteroatoms. The van der Waals surface area contributed by atoms with Gasteiger partial charge < -0.3 is 4.90 Å². The van der Waals surface area contributed by atoms with E-state index >= 15 is 0 Å². The second-order valence-corrected chi connectivity index (χ2v) is 9.25. The largest absolute Gasteiger partial charge is 0.325 e. The van der Waals surface area contributed by atoms with Gasteiger partial charge in [0.1, 0.15) is 5.69 Å². The number of hydrogen-bond acceptors (Lipinski definition) is 5. The summed E-state index contributed by atoms with van der Waals surface area (Å²) >= 11 is 0. The van der Waals surface area contributed by atoms with Gasteiger partial charge in [0.2, 0.25) is 0 Å². The lowest BCUT2D eigenvalue weighted by molar-refractivity contribution is 0.0385. The molecule has 0 unspecified atom stereocenters. The zero-order valence-corrected chi connectivity index (χ0v) is 19.6. The molecule has 0 radical (unpaired) electrons. The number of pyridine rings is 1. The first-order valence-corrected chi connectivity index (χ1v) is 11.7. The summed E-state index contributed by atoms with van der Waals surface area (Å²) in [7, 11) is 1.69. The van der Waals surface area contributed by atoms with Crippen LogP contribution >= 0.6 is 0 Å². The van der Waals surface area contributed by atoms with E-state index in [9.17, 15) is 18.0 Å². The first-order valence-electron chi connectivity index (χ1n) is 11.7. The molecule has 8 nitrogen and oxygen atoms in total. The van der Waals surface area contributed by atoms with E-state index in [2.05, 4.69) is 20.3 Å². The fraction of sp³-hybridized carbons (Fsp3) is 0.320. The number of rotatable bonds is 3. The molecule has 2 atom stereocenters. The van der Waals surface area contributed by atoms with Crippen molar-refractivity contribution in [2.75, 3.05) is 0 Å². The van der Waals surface area contributed by atoms with Gasteiger partial charge in [-0.25, -0.2) is 18.2 Å². The zero-order chi connectivity index (χ0) is 25.1. The van der Waals surface area contributed by atoms with E-state index < -0.39 is 17.5 Å². The number of carbonyl (C=O) groups is 1. The number of nitrogens with zero attached hydrogens (tertiary/aromatic N) is 7. The lowest BCUT2D eigenvalue weighted by Gasteiger charge is -2.45. The van der Waals surface area contributed by atoms with Crippen molar-refractivity contribution in [3.63, 3.8) is 0 Å². The maximum absolute atomic E-state index is 14.1. The quantitative estimate of drug-likeness (QED) is 0.402. The summed E-state index contributed by atoms with van der Waals surface area (Å²) in [4.78, 5) is 21.8. The van der Waals surface area contributed by atoms with Crippen molar-refractivity contribution in [3.05, 3.63) is 76.8 Å². The third-order valence-corrected chi connectivity index (χ3v) is 7.02. The van der Waals surface area contributed by atoms with Crippen LogP contribution in [-0.4, -0.2) is 46.6 Å². The Hall–Kier alpha value is -4.02. The number of halogens is 3. The molecule has 4 aromatic rings. The predicted molar refractivity (Wildman–Crippen MR) is 123 cm³/mol. The minimum absolute atomic E-state index is 0.150. The van der Waals surface area contributed by atoms with E-state index in [1.54, 1.807) is 23.9 Å². The van der Waals surface area contributed by atoms with E-state index in [0.717, 1.165) is 30.5 Å². The summed E-state index contributed by atoms with van der Waals surface area (Å²) < 4.78 is 43.3. The fourth-order valence-corrected chi connectivity index (χ4v) is 5.53. The maximum atomic E-state index is 14.1. The molecule has 1 saturated heterocycles. The Morgan fingerprint density at radius 2 is 1.78 bits per heavy atom. The van der Waals surface area contributed by atoms with Gasteiger partial charge in [-0.1, -0.05) is 0 Å². The number of benzene rings is 1. The summed E-state index contributed by atoms with van der Waals surface area (Å²) in [6.45, 7) is 1.82. The molecule has 1 fully saturated rings. The Morgan fingerprint density at radius 1 is 1.06 bits per heavy atom. The molecule has 2 aliphatic rings. The highest BCUT2D eigenvalue weighted by atomic mass is 19.2. The van der Waals surface area contributed by atoms with Crippen LogP contribution in [-0.2, 0) is 13.5 Å². The highest BCUT2D eigenvalue weighted by Gasteiger charge is 2.44. The molecule has 1 amide bonds. The van der Waals surface area contributed by atoms with Crippen molar-refractivity contribution in [3.8, 4) is 16.9 Å². The lowest BCUT2D eigenvalue weighted by atomic mass is 9.81. The second-order valence-electron chi connectivity index (χ2n) is 9.25. The summed E-state index contributed by atoms with van der Waals surface area (Å²) in [6.07, 6.45) is 5.91. The Morgan fingerprint density at radius 3 is 2.50 bits per heavy atom. The number of hydrogen-bond donors (Lipinski definition) is 0. The molecule has 184 valence electrons. The van der Waals surface area contributed by atoms with Crippen molar-refractivity contribution >= 4 is 5.91 Å². The molecule has 0 spiro atoms. The smallest absolute Gasteiger partial charge is 0.275 e. The summed E-state index contributed by atoms with van der Waals surface area (Å²) in [5.74, 6) is -4.25. The van der Waals surface area contributed by atoms with Crippen molar-refractivity contribution in [2.45, 2.75) is 44.7 Å². The number of amides is 1. The molecule has 2 aliphatic heterocycles. The van der Waals surface area contributed by atoms with Crippen molar-refractivity contribution < 1.29 is 18.0 Å². The fourth-order valence-electron chi connectivity index (χ4n) is 5.53. The van der Waals surface area contributed by atoms with Gasteiger partial charge in [0.25, 0.3) is 5.91 Å². The molecule has 36 heavy (non-hydrogen) atoms. The van der Waals surface area contributed by atoms with E-state index in [1.807, 2.05) is 11.8 Å². The highest BCUT2D eigenvalue weighted by Crippen LogP contribution is 2.45. The summed E-state index contributed by atoms with van der Waals surface area (Å²) in [5, 5.41) is 13.0. The summed E-state index contributed by atoms with van der Waals surface area (Å²) in [5.41, 5.74) is 3.69. The van der Waals surface area contributed by atoms with Crippen LogP contribution < -0.4 is 0 Å². The SMILES string of the molecule is Cc1ccc(-n2nccn2)c(C(=O)N2[C@H]3CCC[C@@H]2c2nn(C)c(-c4cc(F)c(F)c(F)c4)c2C3)n1. The van der Waals surface area contributed by atoms with Crippen LogP contribution in [0.5, 0.6) is 0 Å². The third-order valence-electron chi connectivity index (χ3n) is 7.02. The van der Waals surface area contributed by atoms with Crippen LogP contribution in [0, 0.1) is 24.4 Å². The standard InChI is InChI=1S/C25H22F3N7O/c1-13-6-7-20(35-29-8-9-30-35)23(31-13)25(36)34-15-4-3-5-19(34)22-16(12-15)24(33(2)32-22)14-10-17(26)21(28)18(27)11-14/h6-11,15,19H,3-5,12H2,1-2H3/t15-,19+/m0/s1. The van der Waals surface area contributed by atoms with Crippen LogP contribution in [0.1, 0.15) is 52.7 Å². The van der Waals surface area contributed by atoms with Crippen molar-refractivity contribution in [1.82, 2.24) is 34.7 Å². The van der Waals surface area contributed by atoms with Gasteiger partial charge in [-0.05, 0) is 56.9 Å². The van der Waals surface area contributed by atoms with Crippen LogP contribution in [0.3, 0.4) is 0 Å². The average molecular weight is 493 g/mol. The first kappa shape index (κ1) is 22.4. The number of fused-ring (bicyclic) bond motifs is 4. The molecule has 0 aliphatic carbocycles. The molecular formula is C25H22F3N7O. The Kier molecular flexibility index (Phi) is 5.16. The molecule has 5 heterocycles. The minimum Gasteiger partial charge on any atom is -0.325 e. The van der Waals surface area contributed by atoms with Gasteiger partial charge in [0.05, 0.1) is 29.8 Å². The van der Waals surface area contributed by atoms with Gasteiger partial charge in [0.15, 0.2) is 23.1 Å². The number of carbonyl (C=O) groups excluding carboxylic acids is 1. The van der Waals surface area contributed by atoms with Crippen molar-refractivity contribution in [2.24, 2.45) is 7.05 Å². The molecule has 0 N–H and O–H groups in total. The van der Waals surface area contributed by atoms with Gasteiger partial charge in [-0.15, -0.1) is 4.80 Å². The summed E-state index contributed by atoms with van der Waals surface area (Å²) in [6, 6.07) is 5.08. The predicted octanol–water partition coefficient (Wildman–Crippen LogP) is 4.08. The Labute approximate surface area is 204 Å². The van der Waals surface area contributed by atoms with Gasteiger partial charge >= 0.3 is 0 Å². The molecular weight excluding hydrogens is 471 g/mol. The van der Waals surface area contributed by atoms with E-state index in [1.165, 1.54) is 17.2 Å². The molecule has 3 aromatic heterocycles. The topological polar surface area (TPSA) is 81.7 Å². The van der Waals surface area contributed by atoms with E-state index in [0.29, 0.717) is 35.6 Å². The monoisotopic (exact) mass is 493 g/mol. The van der Waals surface area contributed by atoms with Crippen molar-refractivity contribution in [1.29, 1.82) is 0 Å². The average Bonchev–Trinajstić information content (AvgIpc) is 3.49. The highest BCUT2D eigenvalue weighted by molar-refractivity contribution is 5.96. The molecule has 6 rings (SSSR count). The van der Waals surface area contributed by atoms with E-state index in [-0.39, 0.29) is 29.2 Å². The number of aromatic nitrogens is 6. The van der Waals surface area contributed by atoms with Gasteiger partial charge in [-0.2, -0.15) is 15.3 Å². The van der Waals surface area contributed by atoms with Crippen LogP contribution in [0.2, 0.25) is 0 Å². The molecule has 2 bridgehead atoms. The second kappa shape index (κ2) is 8.28. The third kappa shape index (κ3) is 3.41. The maximum Gasteiger partial charge on any atom is 0.275 e. The van der Waals surface area contributed by atoms with Crippen LogP contribution in [0.25, 0.3) is 16.9 Å².